The van der Waals surface area contributed by atoms with Crippen LogP contribution in [0, 0.1) is 11.3 Å². The molecule has 14 heavy (non-hydrogen) atoms. The Morgan fingerprint density at radius 3 is 3.07 bits per heavy atom. The lowest BCUT2D eigenvalue weighted by molar-refractivity contribution is 0.413. The fourth-order valence-corrected chi connectivity index (χ4v) is 1.46. The molecule has 0 spiro atoms. The van der Waals surface area contributed by atoms with Crippen molar-refractivity contribution in [2.45, 2.75) is 0 Å². The van der Waals surface area contributed by atoms with E-state index in [1.165, 1.54) is 13.3 Å². The van der Waals surface area contributed by atoms with Gasteiger partial charge in [-0.15, -0.1) is 0 Å². The summed E-state index contributed by atoms with van der Waals surface area (Å²) in [6, 6.07) is 3.72. The topological polar surface area (TPSA) is 50.3 Å². The van der Waals surface area contributed by atoms with Crippen molar-refractivity contribution in [3.05, 3.63) is 29.2 Å². The van der Waals surface area contributed by atoms with E-state index >= 15 is 0 Å². The SMILES string of the molecule is COc1ccn2c(Cl)cnc2c1C#N. The van der Waals surface area contributed by atoms with Crippen molar-refractivity contribution >= 4 is 17.2 Å². The molecule has 0 unspecified atom stereocenters. The van der Waals surface area contributed by atoms with Crippen molar-refractivity contribution < 1.29 is 4.74 Å². The first-order valence-corrected chi connectivity index (χ1v) is 4.25. The highest BCUT2D eigenvalue weighted by molar-refractivity contribution is 6.29. The maximum atomic E-state index is 8.93. The molecule has 0 aliphatic heterocycles. The summed E-state index contributed by atoms with van der Waals surface area (Å²) >= 11 is 5.85. The first-order chi connectivity index (χ1) is 6.77. The lowest BCUT2D eigenvalue weighted by Crippen LogP contribution is -1.93. The van der Waals surface area contributed by atoms with E-state index in [1.54, 1.807) is 16.7 Å². The van der Waals surface area contributed by atoms with Crippen LogP contribution in [0.25, 0.3) is 5.65 Å². The first-order valence-electron chi connectivity index (χ1n) is 3.87. The third-order valence-electron chi connectivity index (χ3n) is 1.93. The first kappa shape index (κ1) is 8.85. The van der Waals surface area contributed by atoms with Crippen molar-refractivity contribution in [3.63, 3.8) is 0 Å². The molecule has 0 aromatic carbocycles. The fourth-order valence-electron chi connectivity index (χ4n) is 1.28. The van der Waals surface area contributed by atoms with Crippen molar-refractivity contribution in [2.24, 2.45) is 0 Å². The van der Waals surface area contributed by atoms with Crippen LogP contribution in [0.4, 0.5) is 0 Å². The van der Waals surface area contributed by atoms with E-state index in [9.17, 15) is 0 Å². The fraction of sp³-hybridized carbons (Fsp3) is 0.111. The minimum atomic E-state index is 0.391. The van der Waals surface area contributed by atoms with E-state index in [0.717, 1.165) is 0 Å². The van der Waals surface area contributed by atoms with Crippen LogP contribution < -0.4 is 4.74 Å². The molecule has 2 aromatic rings. The quantitative estimate of drug-likeness (QED) is 0.717. The summed E-state index contributed by atoms with van der Waals surface area (Å²) in [6.45, 7) is 0. The number of hydrogen-bond donors (Lipinski definition) is 0. The van der Waals surface area contributed by atoms with Crippen LogP contribution >= 0.6 is 11.6 Å². The molecular weight excluding hydrogens is 202 g/mol. The molecule has 0 atom stereocenters. The van der Waals surface area contributed by atoms with Gasteiger partial charge in [0.05, 0.1) is 13.3 Å². The molecule has 0 fully saturated rings. The van der Waals surface area contributed by atoms with Gasteiger partial charge in [-0.3, -0.25) is 4.40 Å². The second-order valence-corrected chi connectivity index (χ2v) is 3.03. The zero-order valence-electron chi connectivity index (χ0n) is 7.36. The van der Waals surface area contributed by atoms with E-state index < -0.39 is 0 Å². The van der Waals surface area contributed by atoms with Crippen LogP contribution in [-0.4, -0.2) is 16.5 Å². The highest BCUT2D eigenvalue weighted by Crippen LogP contribution is 2.23. The van der Waals surface area contributed by atoms with Gasteiger partial charge < -0.3 is 4.74 Å². The number of aromatic nitrogens is 2. The van der Waals surface area contributed by atoms with Crippen LogP contribution in [0.15, 0.2) is 18.5 Å². The van der Waals surface area contributed by atoms with Gasteiger partial charge in [-0.05, 0) is 6.07 Å². The second-order valence-electron chi connectivity index (χ2n) is 2.65. The van der Waals surface area contributed by atoms with Gasteiger partial charge >= 0.3 is 0 Å². The lowest BCUT2D eigenvalue weighted by Gasteiger charge is -2.03. The molecule has 0 N–H and O–H groups in total. The molecule has 2 heterocycles. The molecule has 0 aliphatic carbocycles. The lowest BCUT2D eigenvalue weighted by atomic mass is 10.2. The van der Waals surface area contributed by atoms with Gasteiger partial charge in [-0.1, -0.05) is 11.6 Å². The molecule has 0 amide bonds. The van der Waals surface area contributed by atoms with Crippen LogP contribution in [0.1, 0.15) is 5.56 Å². The number of fused-ring (bicyclic) bond motifs is 1. The number of hydrogen-bond acceptors (Lipinski definition) is 3. The number of nitrogens with zero attached hydrogens (tertiary/aromatic N) is 3. The normalized spacial score (nSPS) is 10.1. The molecular formula is C9H6ClN3O. The maximum Gasteiger partial charge on any atom is 0.159 e. The van der Waals surface area contributed by atoms with Gasteiger partial charge in [0.15, 0.2) is 5.65 Å². The van der Waals surface area contributed by atoms with E-state index in [-0.39, 0.29) is 0 Å². The van der Waals surface area contributed by atoms with Crippen molar-refractivity contribution in [1.29, 1.82) is 5.26 Å². The molecule has 2 aromatic heterocycles. The predicted octanol–water partition coefficient (Wildman–Crippen LogP) is 1.87. The molecule has 0 aliphatic rings. The van der Waals surface area contributed by atoms with Gasteiger partial charge in [-0.2, -0.15) is 5.26 Å². The van der Waals surface area contributed by atoms with Crippen LogP contribution in [-0.2, 0) is 0 Å². The Morgan fingerprint density at radius 1 is 1.64 bits per heavy atom. The molecule has 0 radical (unpaired) electrons. The van der Waals surface area contributed by atoms with E-state index in [2.05, 4.69) is 4.98 Å². The average molecular weight is 208 g/mol. The largest absolute Gasteiger partial charge is 0.495 e. The number of ether oxygens (including phenoxy) is 1. The Labute approximate surface area is 85.3 Å². The van der Waals surface area contributed by atoms with Crippen LogP contribution in [0.2, 0.25) is 5.15 Å². The number of nitriles is 1. The van der Waals surface area contributed by atoms with Gasteiger partial charge in [0.2, 0.25) is 0 Å². The molecule has 2 rings (SSSR count). The molecule has 0 saturated carbocycles. The molecule has 4 nitrogen and oxygen atoms in total. The number of halogens is 1. The number of pyridine rings is 1. The molecule has 5 heteroatoms. The van der Waals surface area contributed by atoms with E-state index in [0.29, 0.717) is 22.1 Å². The van der Waals surface area contributed by atoms with Crippen molar-refractivity contribution in [1.82, 2.24) is 9.38 Å². The average Bonchev–Trinajstić information content (AvgIpc) is 2.59. The second kappa shape index (κ2) is 3.20. The third-order valence-corrected chi connectivity index (χ3v) is 2.21. The van der Waals surface area contributed by atoms with Crippen LogP contribution in [0.3, 0.4) is 0 Å². The van der Waals surface area contributed by atoms with Gasteiger partial charge in [0.1, 0.15) is 22.5 Å². The summed E-state index contributed by atoms with van der Waals surface area (Å²) in [5, 5.41) is 9.40. The highest BCUT2D eigenvalue weighted by Gasteiger charge is 2.10. The van der Waals surface area contributed by atoms with Crippen molar-refractivity contribution in [2.75, 3.05) is 7.11 Å². The van der Waals surface area contributed by atoms with Crippen LogP contribution in [0.5, 0.6) is 5.75 Å². The monoisotopic (exact) mass is 207 g/mol. The Bertz CT molecular complexity index is 527. The number of rotatable bonds is 1. The maximum absolute atomic E-state index is 8.93. The highest BCUT2D eigenvalue weighted by atomic mass is 35.5. The molecule has 0 saturated heterocycles. The van der Waals surface area contributed by atoms with Gasteiger partial charge in [0.25, 0.3) is 0 Å². The molecule has 0 bridgehead atoms. The minimum absolute atomic E-state index is 0.391. The van der Waals surface area contributed by atoms with E-state index in [4.69, 9.17) is 21.6 Å². The van der Waals surface area contributed by atoms with Gasteiger partial charge in [0, 0.05) is 6.20 Å². The minimum Gasteiger partial charge on any atom is -0.495 e. The Morgan fingerprint density at radius 2 is 2.43 bits per heavy atom. The Hall–Kier alpha value is -1.73. The number of methoxy groups -OCH3 is 1. The predicted molar refractivity (Wildman–Crippen MR) is 51.5 cm³/mol. The summed E-state index contributed by atoms with van der Waals surface area (Å²) in [4.78, 5) is 4.03. The summed E-state index contributed by atoms with van der Waals surface area (Å²) in [7, 11) is 1.51. The summed E-state index contributed by atoms with van der Waals surface area (Å²) in [6.07, 6.45) is 3.21. The molecule has 70 valence electrons. The smallest absolute Gasteiger partial charge is 0.159 e. The zero-order chi connectivity index (χ0) is 10.1. The van der Waals surface area contributed by atoms with Crippen molar-refractivity contribution in [3.8, 4) is 11.8 Å². The summed E-state index contributed by atoms with van der Waals surface area (Å²) in [5.74, 6) is 0.502. The van der Waals surface area contributed by atoms with E-state index in [1.807, 2.05) is 6.07 Å². The Balaban J connectivity index is 2.86. The Kier molecular flexibility index (Phi) is 2.02. The standard InChI is InChI=1S/C9H6ClN3O/c1-14-7-2-3-13-8(10)5-12-9(13)6(7)4-11/h2-3,5H,1H3. The zero-order valence-corrected chi connectivity index (χ0v) is 8.12. The third kappa shape index (κ3) is 1.10. The van der Waals surface area contributed by atoms with Gasteiger partial charge in [-0.25, -0.2) is 4.98 Å². The summed E-state index contributed by atoms with van der Waals surface area (Å²) < 4.78 is 6.66. The number of imidazole rings is 1. The summed E-state index contributed by atoms with van der Waals surface area (Å²) in [5.41, 5.74) is 0.902.